The van der Waals surface area contributed by atoms with Gasteiger partial charge in [0.2, 0.25) is 12.7 Å². The van der Waals surface area contributed by atoms with Gasteiger partial charge in [0.1, 0.15) is 0 Å². The summed E-state index contributed by atoms with van der Waals surface area (Å²) in [5.74, 6) is 1.35. The first kappa shape index (κ1) is 16.1. The molecule has 1 aliphatic heterocycles. The van der Waals surface area contributed by atoms with Crippen LogP contribution in [0.15, 0.2) is 48.8 Å². The molecule has 1 N–H and O–H groups in total. The second-order valence-corrected chi connectivity index (χ2v) is 6.03. The van der Waals surface area contributed by atoms with E-state index in [1.54, 1.807) is 17.1 Å². The molecular weight excluding hydrogens is 332 g/mol. The second kappa shape index (κ2) is 6.87. The van der Waals surface area contributed by atoms with Crippen molar-refractivity contribution in [3.05, 3.63) is 59.9 Å². The molecule has 0 bridgehead atoms. The predicted octanol–water partition coefficient (Wildman–Crippen LogP) is 2.07. The summed E-state index contributed by atoms with van der Waals surface area (Å²) >= 11 is 0. The van der Waals surface area contributed by atoms with Gasteiger partial charge in [0.25, 0.3) is 0 Å². The third-order valence-electron chi connectivity index (χ3n) is 4.20. The molecule has 0 aliphatic carbocycles. The molecule has 0 radical (unpaired) electrons. The molecule has 1 aromatic carbocycles. The van der Waals surface area contributed by atoms with E-state index in [0.717, 1.165) is 22.5 Å². The quantitative estimate of drug-likeness (QED) is 0.762. The Kier molecular flexibility index (Phi) is 4.27. The molecule has 26 heavy (non-hydrogen) atoms. The Morgan fingerprint density at radius 2 is 2.00 bits per heavy atom. The van der Waals surface area contributed by atoms with Crippen molar-refractivity contribution < 1.29 is 14.3 Å². The Morgan fingerprint density at radius 1 is 1.15 bits per heavy atom. The number of pyridine rings is 1. The van der Waals surface area contributed by atoms with E-state index in [9.17, 15) is 4.79 Å². The van der Waals surface area contributed by atoms with Crippen LogP contribution in [0.2, 0.25) is 0 Å². The van der Waals surface area contributed by atoms with Crippen molar-refractivity contribution in [2.24, 2.45) is 7.05 Å². The highest BCUT2D eigenvalue weighted by molar-refractivity contribution is 5.78. The Morgan fingerprint density at radius 3 is 2.77 bits per heavy atom. The number of hydrogen-bond donors (Lipinski definition) is 1. The van der Waals surface area contributed by atoms with Gasteiger partial charge in [0.15, 0.2) is 11.5 Å². The zero-order valence-electron chi connectivity index (χ0n) is 14.3. The van der Waals surface area contributed by atoms with E-state index >= 15 is 0 Å². The van der Waals surface area contributed by atoms with Gasteiger partial charge in [-0.25, -0.2) is 0 Å². The summed E-state index contributed by atoms with van der Waals surface area (Å²) < 4.78 is 12.4. The number of rotatable bonds is 5. The lowest BCUT2D eigenvalue weighted by Gasteiger charge is -2.07. The third kappa shape index (κ3) is 3.37. The van der Waals surface area contributed by atoms with Crippen LogP contribution in [-0.4, -0.2) is 27.5 Å². The van der Waals surface area contributed by atoms with E-state index in [1.165, 1.54) is 0 Å². The molecule has 3 aromatic rings. The average Bonchev–Trinajstić information content (AvgIpc) is 3.29. The fourth-order valence-corrected chi connectivity index (χ4v) is 2.81. The smallest absolute Gasteiger partial charge is 0.231 e. The van der Waals surface area contributed by atoms with Gasteiger partial charge in [-0.05, 0) is 35.4 Å². The third-order valence-corrected chi connectivity index (χ3v) is 4.20. The van der Waals surface area contributed by atoms with E-state index in [0.29, 0.717) is 18.0 Å². The molecule has 0 fully saturated rings. The lowest BCUT2D eigenvalue weighted by molar-refractivity contribution is -0.120. The van der Waals surface area contributed by atoms with E-state index in [2.05, 4.69) is 15.4 Å². The number of aromatic nitrogens is 3. The average molecular weight is 350 g/mol. The fraction of sp³-hybridized carbons (Fsp3) is 0.211. The number of benzene rings is 1. The van der Waals surface area contributed by atoms with Crippen LogP contribution >= 0.6 is 0 Å². The number of carbonyl (C=O) groups excluding carboxylic acids is 1. The van der Waals surface area contributed by atoms with Crippen molar-refractivity contribution in [3.63, 3.8) is 0 Å². The first-order valence-corrected chi connectivity index (χ1v) is 8.27. The molecular formula is C19H18N4O3. The topological polar surface area (TPSA) is 78.3 Å². The van der Waals surface area contributed by atoms with Crippen molar-refractivity contribution >= 4 is 5.91 Å². The lowest BCUT2D eigenvalue weighted by Crippen LogP contribution is -2.24. The number of aryl methyl sites for hydroxylation is 1. The molecule has 0 unspecified atom stereocenters. The lowest BCUT2D eigenvalue weighted by atomic mass is 10.1. The van der Waals surface area contributed by atoms with Gasteiger partial charge < -0.3 is 14.8 Å². The highest BCUT2D eigenvalue weighted by atomic mass is 16.7. The monoisotopic (exact) mass is 350 g/mol. The molecule has 0 saturated heterocycles. The van der Waals surface area contributed by atoms with E-state index in [1.807, 2.05) is 43.4 Å². The van der Waals surface area contributed by atoms with E-state index in [4.69, 9.17) is 9.47 Å². The summed E-state index contributed by atoms with van der Waals surface area (Å²) in [6, 6.07) is 11.3. The van der Waals surface area contributed by atoms with Crippen molar-refractivity contribution in [2.45, 2.75) is 13.0 Å². The van der Waals surface area contributed by atoms with Gasteiger partial charge in [-0.15, -0.1) is 0 Å². The van der Waals surface area contributed by atoms with E-state index < -0.39 is 0 Å². The van der Waals surface area contributed by atoms with Crippen molar-refractivity contribution in [1.82, 2.24) is 20.1 Å². The maximum Gasteiger partial charge on any atom is 0.231 e. The fourth-order valence-electron chi connectivity index (χ4n) is 2.81. The number of ether oxygens (including phenoxy) is 2. The van der Waals surface area contributed by atoms with Gasteiger partial charge in [-0.3, -0.25) is 14.5 Å². The van der Waals surface area contributed by atoms with Crippen LogP contribution in [-0.2, 0) is 24.8 Å². The van der Waals surface area contributed by atoms with Crippen molar-refractivity contribution in [1.29, 1.82) is 0 Å². The number of hydrogen-bond acceptors (Lipinski definition) is 5. The molecule has 132 valence electrons. The summed E-state index contributed by atoms with van der Waals surface area (Å²) in [5.41, 5.74) is 3.62. The molecule has 7 nitrogen and oxygen atoms in total. The molecule has 0 atom stereocenters. The highest BCUT2D eigenvalue weighted by Gasteiger charge is 2.14. The predicted molar refractivity (Wildman–Crippen MR) is 94.6 cm³/mol. The van der Waals surface area contributed by atoms with Crippen LogP contribution in [0.25, 0.3) is 11.4 Å². The van der Waals surface area contributed by atoms with Crippen LogP contribution in [0.3, 0.4) is 0 Å². The molecule has 4 rings (SSSR count). The molecule has 0 spiro atoms. The minimum absolute atomic E-state index is 0.0559. The number of nitrogens with one attached hydrogen (secondary N) is 1. The summed E-state index contributed by atoms with van der Waals surface area (Å²) in [4.78, 5) is 16.6. The van der Waals surface area contributed by atoms with Gasteiger partial charge >= 0.3 is 0 Å². The van der Waals surface area contributed by atoms with Crippen molar-refractivity contribution in [3.8, 4) is 22.9 Å². The molecule has 2 aromatic heterocycles. The number of amides is 1. The SMILES string of the molecule is Cn1nccc1-c1ccc(CNC(=O)Cc2ccc3c(c2)OCO3)cn1. The van der Waals surface area contributed by atoms with Crippen molar-refractivity contribution in [2.75, 3.05) is 6.79 Å². The summed E-state index contributed by atoms with van der Waals surface area (Å²) in [6.07, 6.45) is 3.79. The maximum atomic E-state index is 12.2. The molecule has 3 heterocycles. The second-order valence-electron chi connectivity index (χ2n) is 6.03. The van der Waals surface area contributed by atoms with Gasteiger partial charge in [0.05, 0.1) is 17.8 Å². The van der Waals surface area contributed by atoms with Crippen LogP contribution < -0.4 is 14.8 Å². The minimum Gasteiger partial charge on any atom is -0.454 e. The first-order valence-electron chi connectivity index (χ1n) is 8.27. The van der Waals surface area contributed by atoms with Gasteiger partial charge in [-0.1, -0.05) is 12.1 Å². The van der Waals surface area contributed by atoms with E-state index in [-0.39, 0.29) is 19.1 Å². The van der Waals surface area contributed by atoms with Crippen LogP contribution in [0.4, 0.5) is 0 Å². The molecule has 1 amide bonds. The highest BCUT2D eigenvalue weighted by Crippen LogP contribution is 2.32. The number of fused-ring (bicyclic) bond motifs is 1. The van der Waals surface area contributed by atoms with Gasteiger partial charge in [-0.2, -0.15) is 5.10 Å². The summed E-state index contributed by atoms with van der Waals surface area (Å²) in [5, 5.41) is 7.05. The Bertz CT molecular complexity index is 934. The Labute approximate surface area is 150 Å². The first-order chi connectivity index (χ1) is 12.7. The normalized spacial score (nSPS) is 12.2. The molecule has 0 saturated carbocycles. The number of carbonyl (C=O) groups is 1. The number of nitrogens with zero attached hydrogens (tertiary/aromatic N) is 3. The van der Waals surface area contributed by atoms with Crippen LogP contribution in [0.1, 0.15) is 11.1 Å². The standard InChI is InChI=1S/C19H18N4O3/c1-23-16(6-7-22-23)15-4-2-14(10-20-15)11-21-19(24)9-13-3-5-17-18(8-13)26-12-25-17/h2-8,10H,9,11-12H2,1H3,(H,21,24). The van der Waals surface area contributed by atoms with Crippen LogP contribution in [0, 0.1) is 0 Å². The Hall–Kier alpha value is -3.35. The minimum atomic E-state index is -0.0559. The van der Waals surface area contributed by atoms with Crippen LogP contribution in [0.5, 0.6) is 11.5 Å². The molecule has 7 heteroatoms. The summed E-state index contributed by atoms with van der Waals surface area (Å²) in [7, 11) is 1.88. The zero-order chi connectivity index (χ0) is 17.9. The maximum absolute atomic E-state index is 12.2. The largest absolute Gasteiger partial charge is 0.454 e. The van der Waals surface area contributed by atoms with Gasteiger partial charge in [0, 0.05) is 26.0 Å². The zero-order valence-corrected chi connectivity index (χ0v) is 14.3. The molecule has 1 aliphatic rings. The Balaban J connectivity index is 1.33. The summed E-state index contributed by atoms with van der Waals surface area (Å²) in [6.45, 7) is 0.662.